The maximum Gasteiger partial charge on any atom is 0.229 e. The van der Waals surface area contributed by atoms with Crippen molar-refractivity contribution in [2.75, 3.05) is 19.0 Å². The van der Waals surface area contributed by atoms with Crippen molar-refractivity contribution < 1.29 is 9.53 Å². The fraction of sp³-hybridized carbons (Fsp3) is 0.385. The standard InChI is InChI=1S/C26H32N4O2/c1-3-11-27-17-19-5-4-6-20(12-19)21-14-22(15-21)24-16-25(30-29-24)28-26(31)13-18-7-9-23(32-2)10-8-18/h4-10,12,16,21-22,27H,3,11,13-15,17H2,1-2H3,(H2,28,29,30,31). The van der Waals surface area contributed by atoms with Gasteiger partial charge in [-0.15, -0.1) is 0 Å². The summed E-state index contributed by atoms with van der Waals surface area (Å²) < 4.78 is 5.15. The summed E-state index contributed by atoms with van der Waals surface area (Å²) in [6.45, 7) is 4.16. The Morgan fingerprint density at radius 3 is 2.66 bits per heavy atom. The van der Waals surface area contributed by atoms with Crippen LogP contribution < -0.4 is 15.4 Å². The maximum atomic E-state index is 12.4. The number of H-pyrrole nitrogens is 1. The molecule has 1 fully saturated rings. The first kappa shape index (κ1) is 22.1. The number of nitrogens with zero attached hydrogens (tertiary/aromatic N) is 1. The number of carbonyl (C=O) groups excluding carboxylic acids is 1. The highest BCUT2D eigenvalue weighted by Crippen LogP contribution is 2.47. The predicted molar refractivity (Wildman–Crippen MR) is 127 cm³/mol. The molecule has 3 N–H and O–H groups in total. The second-order valence-corrected chi connectivity index (χ2v) is 8.57. The van der Waals surface area contributed by atoms with E-state index in [2.05, 4.69) is 52.0 Å². The molecule has 2 aromatic carbocycles. The zero-order valence-corrected chi connectivity index (χ0v) is 18.9. The van der Waals surface area contributed by atoms with Crippen molar-refractivity contribution >= 4 is 11.7 Å². The third kappa shape index (κ3) is 5.56. The first-order chi connectivity index (χ1) is 15.6. The van der Waals surface area contributed by atoms with Crippen LogP contribution in [-0.4, -0.2) is 29.8 Å². The molecular formula is C26H32N4O2. The summed E-state index contributed by atoms with van der Waals surface area (Å²) in [6.07, 6.45) is 3.67. The molecule has 0 aliphatic heterocycles. The monoisotopic (exact) mass is 432 g/mol. The van der Waals surface area contributed by atoms with E-state index in [9.17, 15) is 4.79 Å². The van der Waals surface area contributed by atoms with Gasteiger partial charge in [0, 0.05) is 24.2 Å². The van der Waals surface area contributed by atoms with Gasteiger partial charge in [-0.1, -0.05) is 43.3 Å². The highest BCUT2D eigenvalue weighted by Gasteiger charge is 2.32. The SMILES string of the molecule is CCCNCc1cccc(C2CC(c3cc(NC(=O)Cc4ccc(OC)cc4)n[nH]3)C2)c1. The van der Waals surface area contributed by atoms with Gasteiger partial charge in [0.1, 0.15) is 5.75 Å². The summed E-state index contributed by atoms with van der Waals surface area (Å²) >= 11 is 0. The van der Waals surface area contributed by atoms with Crippen molar-refractivity contribution in [3.8, 4) is 5.75 Å². The van der Waals surface area contributed by atoms with Gasteiger partial charge < -0.3 is 15.4 Å². The number of benzene rings is 2. The van der Waals surface area contributed by atoms with Crippen LogP contribution in [-0.2, 0) is 17.8 Å². The maximum absolute atomic E-state index is 12.4. The number of carbonyl (C=O) groups is 1. The van der Waals surface area contributed by atoms with Crippen LogP contribution in [0.5, 0.6) is 5.75 Å². The van der Waals surface area contributed by atoms with E-state index in [1.807, 2.05) is 30.3 Å². The second kappa shape index (κ2) is 10.5. The molecule has 0 spiro atoms. The van der Waals surface area contributed by atoms with Crippen molar-refractivity contribution in [1.82, 2.24) is 15.5 Å². The lowest BCUT2D eigenvalue weighted by molar-refractivity contribution is -0.115. The highest BCUT2D eigenvalue weighted by molar-refractivity contribution is 5.91. The zero-order valence-electron chi connectivity index (χ0n) is 18.9. The van der Waals surface area contributed by atoms with Crippen molar-refractivity contribution in [2.24, 2.45) is 0 Å². The van der Waals surface area contributed by atoms with Gasteiger partial charge >= 0.3 is 0 Å². The molecule has 4 rings (SSSR count). The van der Waals surface area contributed by atoms with Gasteiger partial charge in [0.05, 0.1) is 13.5 Å². The molecule has 1 aliphatic carbocycles. The van der Waals surface area contributed by atoms with Gasteiger partial charge in [0.25, 0.3) is 0 Å². The topological polar surface area (TPSA) is 79.0 Å². The lowest BCUT2D eigenvalue weighted by Gasteiger charge is -2.35. The molecule has 1 aromatic heterocycles. The Morgan fingerprint density at radius 2 is 1.91 bits per heavy atom. The van der Waals surface area contributed by atoms with Crippen LogP contribution in [0.4, 0.5) is 5.82 Å². The van der Waals surface area contributed by atoms with Gasteiger partial charge in [-0.2, -0.15) is 5.10 Å². The fourth-order valence-corrected chi connectivity index (χ4v) is 4.24. The summed E-state index contributed by atoms with van der Waals surface area (Å²) in [6, 6.07) is 18.4. The Bertz CT molecular complexity index is 1020. The largest absolute Gasteiger partial charge is 0.497 e. The molecule has 0 atom stereocenters. The van der Waals surface area contributed by atoms with Gasteiger partial charge in [-0.3, -0.25) is 9.89 Å². The van der Waals surface area contributed by atoms with Crippen LogP contribution in [0.1, 0.15) is 60.4 Å². The van der Waals surface area contributed by atoms with E-state index in [1.54, 1.807) is 7.11 Å². The van der Waals surface area contributed by atoms with Gasteiger partial charge in [-0.25, -0.2) is 0 Å². The summed E-state index contributed by atoms with van der Waals surface area (Å²) in [7, 11) is 1.63. The lowest BCUT2D eigenvalue weighted by atomic mass is 9.70. The molecule has 1 aliphatic rings. The van der Waals surface area contributed by atoms with E-state index < -0.39 is 0 Å². The van der Waals surface area contributed by atoms with Crippen molar-refractivity contribution in [3.05, 3.63) is 77.0 Å². The van der Waals surface area contributed by atoms with Gasteiger partial charge in [-0.05, 0) is 60.5 Å². The summed E-state index contributed by atoms with van der Waals surface area (Å²) in [5.41, 5.74) is 4.81. The third-order valence-electron chi connectivity index (χ3n) is 6.15. The van der Waals surface area contributed by atoms with E-state index in [0.717, 1.165) is 49.4 Å². The number of amides is 1. The molecule has 0 saturated heterocycles. The van der Waals surface area contributed by atoms with Gasteiger partial charge in [0.2, 0.25) is 5.91 Å². The number of hydrogen-bond donors (Lipinski definition) is 3. The van der Waals surface area contributed by atoms with Gasteiger partial charge in [0.15, 0.2) is 5.82 Å². The van der Waals surface area contributed by atoms with Crippen LogP contribution in [0.15, 0.2) is 54.6 Å². The number of rotatable bonds is 10. The number of aromatic nitrogens is 2. The fourth-order valence-electron chi connectivity index (χ4n) is 4.24. The van der Waals surface area contributed by atoms with E-state index in [4.69, 9.17) is 4.74 Å². The van der Waals surface area contributed by atoms with E-state index in [0.29, 0.717) is 24.1 Å². The van der Waals surface area contributed by atoms with Crippen molar-refractivity contribution in [1.29, 1.82) is 0 Å². The smallest absolute Gasteiger partial charge is 0.229 e. The molecule has 0 bridgehead atoms. The van der Waals surface area contributed by atoms with E-state index in [-0.39, 0.29) is 5.91 Å². The predicted octanol–water partition coefficient (Wildman–Crippen LogP) is 4.76. The summed E-state index contributed by atoms with van der Waals surface area (Å²) in [4.78, 5) is 12.4. The summed E-state index contributed by atoms with van der Waals surface area (Å²) in [5.74, 6) is 2.34. The molecular weight excluding hydrogens is 400 g/mol. The number of ether oxygens (including phenoxy) is 1. The molecule has 1 saturated carbocycles. The Morgan fingerprint density at radius 1 is 1.09 bits per heavy atom. The van der Waals surface area contributed by atoms with Crippen molar-refractivity contribution in [3.63, 3.8) is 0 Å². The number of anilines is 1. The highest BCUT2D eigenvalue weighted by atomic mass is 16.5. The van der Waals surface area contributed by atoms with Crippen LogP contribution in [0.2, 0.25) is 0 Å². The van der Waals surface area contributed by atoms with Crippen LogP contribution in [0, 0.1) is 0 Å². The molecule has 0 radical (unpaired) electrons. The Hall–Kier alpha value is -3.12. The van der Waals surface area contributed by atoms with Crippen LogP contribution in [0.25, 0.3) is 0 Å². The van der Waals surface area contributed by atoms with E-state index >= 15 is 0 Å². The quantitative estimate of drug-likeness (QED) is 0.404. The minimum Gasteiger partial charge on any atom is -0.497 e. The molecule has 6 nitrogen and oxygen atoms in total. The van der Waals surface area contributed by atoms with E-state index in [1.165, 1.54) is 11.1 Å². The number of nitrogens with one attached hydrogen (secondary N) is 3. The first-order valence-electron chi connectivity index (χ1n) is 11.4. The number of hydrogen-bond acceptors (Lipinski definition) is 4. The average molecular weight is 433 g/mol. The first-order valence-corrected chi connectivity index (χ1v) is 11.4. The number of aromatic amines is 1. The molecule has 0 unspecified atom stereocenters. The normalized spacial score (nSPS) is 17.6. The lowest BCUT2D eigenvalue weighted by Crippen LogP contribution is -2.21. The molecule has 1 heterocycles. The zero-order chi connectivity index (χ0) is 22.3. The third-order valence-corrected chi connectivity index (χ3v) is 6.15. The average Bonchev–Trinajstić information content (AvgIpc) is 3.21. The molecule has 6 heteroatoms. The van der Waals surface area contributed by atoms with Crippen LogP contribution in [0.3, 0.4) is 0 Å². The number of methoxy groups -OCH3 is 1. The Labute approximate surface area is 189 Å². The Balaban J connectivity index is 1.27. The molecule has 3 aromatic rings. The second-order valence-electron chi connectivity index (χ2n) is 8.57. The minimum atomic E-state index is -0.0757. The minimum absolute atomic E-state index is 0.0757. The molecule has 1 amide bonds. The van der Waals surface area contributed by atoms with Crippen molar-refractivity contribution in [2.45, 2.75) is 51.0 Å². The van der Waals surface area contributed by atoms with Crippen LogP contribution >= 0.6 is 0 Å². The summed E-state index contributed by atoms with van der Waals surface area (Å²) in [5, 5.41) is 13.8. The molecule has 168 valence electrons. The molecule has 32 heavy (non-hydrogen) atoms. The Kier molecular flexibility index (Phi) is 7.22.